The first-order valence-corrected chi connectivity index (χ1v) is 8.16. The lowest BCUT2D eigenvalue weighted by Crippen LogP contribution is -2.54. The van der Waals surface area contributed by atoms with Gasteiger partial charge in [-0.1, -0.05) is 11.6 Å². The van der Waals surface area contributed by atoms with Gasteiger partial charge in [0.25, 0.3) is 0 Å². The number of carbonyl (C=O) groups excluding carboxylic acids is 2. The Kier molecular flexibility index (Phi) is 6.38. The number of urea groups is 1. The number of esters is 1. The second kappa shape index (κ2) is 8.33. The predicted octanol–water partition coefficient (Wildman–Crippen LogP) is 2.36. The molecule has 0 radical (unpaired) electrons. The van der Waals surface area contributed by atoms with Crippen molar-refractivity contribution in [2.45, 2.75) is 26.0 Å². The molecule has 0 spiro atoms. The molecule has 0 bridgehead atoms. The Balaban J connectivity index is 2.24. The topological polar surface area (TPSA) is 105 Å². The average molecular weight is 389 g/mol. The molecule has 1 aromatic carbocycles. The number of carboxylic acids is 1. The summed E-state index contributed by atoms with van der Waals surface area (Å²) in [5.41, 5.74) is -0.431. The summed E-state index contributed by atoms with van der Waals surface area (Å²) in [6.45, 7) is 3.30. The highest BCUT2D eigenvalue weighted by molar-refractivity contribution is 6.33. The Labute approximate surface area is 153 Å². The number of hydrogen-bond donors (Lipinski definition) is 2. The summed E-state index contributed by atoms with van der Waals surface area (Å²) in [4.78, 5) is 36.6. The van der Waals surface area contributed by atoms with Crippen molar-refractivity contribution in [3.63, 3.8) is 0 Å². The number of morpholine rings is 1. The minimum Gasteiger partial charge on any atom is -0.480 e. The second-order valence-electron chi connectivity index (χ2n) is 5.82. The molecular weight excluding hydrogens is 371 g/mol. The molecule has 1 saturated heterocycles. The van der Waals surface area contributed by atoms with Crippen molar-refractivity contribution >= 4 is 35.3 Å². The van der Waals surface area contributed by atoms with Crippen molar-refractivity contribution in [1.29, 1.82) is 0 Å². The molecule has 2 amide bonds. The van der Waals surface area contributed by atoms with E-state index in [-0.39, 0.29) is 36.0 Å². The first-order valence-electron chi connectivity index (χ1n) is 7.79. The fourth-order valence-corrected chi connectivity index (χ4v) is 2.54. The molecule has 0 aliphatic carbocycles. The highest BCUT2D eigenvalue weighted by Gasteiger charge is 2.33. The van der Waals surface area contributed by atoms with E-state index in [1.165, 1.54) is 0 Å². The van der Waals surface area contributed by atoms with Crippen LogP contribution < -0.4 is 5.32 Å². The number of anilines is 1. The molecule has 142 valence electrons. The molecule has 10 heteroatoms. The van der Waals surface area contributed by atoms with Crippen molar-refractivity contribution in [3.05, 3.63) is 28.5 Å². The number of hydrogen-bond acceptors (Lipinski definition) is 5. The molecule has 2 N–H and O–H groups in total. The third-order valence-electron chi connectivity index (χ3n) is 3.54. The third kappa shape index (κ3) is 4.61. The molecule has 1 fully saturated rings. The van der Waals surface area contributed by atoms with E-state index in [4.69, 9.17) is 26.2 Å². The minimum atomic E-state index is -1.24. The van der Waals surface area contributed by atoms with Gasteiger partial charge in [-0.2, -0.15) is 0 Å². The summed E-state index contributed by atoms with van der Waals surface area (Å²) in [5.74, 6) is -2.88. The van der Waals surface area contributed by atoms with Gasteiger partial charge in [0.15, 0.2) is 6.04 Å². The van der Waals surface area contributed by atoms with Crippen LogP contribution in [0.1, 0.15) is 24.2 Å². The van der Waals surface area contributed by atoms with E-state index in [0.717, 1.165) is 17.0 Å². The SMILES string of the molecule is CC(C)OC(=O)c1cc(NC(=O)N2CCOCC2C(=O)O)c(F)cc1Cl. The number of rotatable bonds is 4. The lowest BCUT2D eigenvalue weighted by Gasteiger charge is -2.32. The van der Waals surface area contributed by atoms with Crippen LogP contribution in [0, 0.1) is 5.82 Å². The number of ether oxygens (including phenoxy) is 2. The number of benzene rings is 1. The summed E-state index contributed by atoms with van der Waals surface area (Å²) in [7, 11) is 0. The predicted molar refractivity (Wildman–Crippen MR) is 89.9 cm³/mol. The Hall–Kier alpha value is -2.39. The largest absolute Gasteiger partial charge is 0.480 e. The number of amides is 2. The molecule has 8 nitrogen and oxygen atoms in total. The Morgan fingerprint density at radius 1 is 1.42 bits per heavy atom. The first kappa shape index (κ1) is 19.9. The lowest BCUT2D eigenvalue weighted by molar-refractivity contribution is -0.147. The van der Waals surface area contributed by atoms with E-state index >= 15 is 0 Å². The van der Waals surface area contributed by atoms with Crippen molar-refractivity contribution in [3.8, 4) is 0 Å². The number of carbonyl (C=O) groups is 3. The summed E-state index contributed by atoms with van der Waals surface area (Å²) in [6, 6.07) is -0.0898. The first-order chi connectivity index (χ1) is 12.2. The zero-order valence-corrected chi connectivity index (χ0v) is 14.9. The van der Waals surface area contributed by atoms with Crippen LogP contribution >= 0.6 is 11.6 Å². The number of halogens is 2. The van der Waals surface area contributed by atoms with Gasteiger partial charge in [-0.3, -0.25) is 0 Å². The van der Waals surface area contributed by atoms with E-state index in [1.54, 1.807) is 13.8 Å². The van der Waals surface area contributed by atoms with Crippen LogP contribution in [0.5, 0.6) is 0 Å². The van der Waals surface area contributed by atoms with Crippen LogP contribution in [0.3, 0.4) is 0 Å². The van der Waals surface area contributed by atoms with E-state index in [0.29, 0.717) is 0 Å². The van der Waals surface area contributed by atoms with Crippen molar-refractivity contribution in [1.82, 2.24) is 4.90 Å². The smallest absolute Gasteiger partial charge is 0.339 e. The summed E-state index contributed by atoms with van der Waals surface area (Å²) in [6.07, 6.45) is -0.411. The van der Waals surface area contributed by atoms with Crippen LogP contribution in [-0.4, -0.2) is 59.9 Å². The van der Waals surface area contributed by atoms with Gasteiger partial charge >= 0.3 is 18.0 Å². The summed E-state index contributed by atoms with van der Waals surface area (Å²) in [5, 5.41) is 11.3. The molecule has 0 saturated carbocycles. The highest BCUT2D eigenvalue weighted by Crippen LogP contribution is 2.26. The monoisotopic (exact) mass is 388 g/mol. The molecule has 1 aliphatic rings. The van der Waals surface area contributed by atoms with Gasteiger partial charge in [0.2, 0.25) is 0 Å². The maximum absolute atomic E-state index is 14.1. The van der Waals surface area contributed by atoms with E-state index in [9.17, 15) is 18.8 Å². The fraction of sp³-hybridized carbons (Fsp3) is 0.438. The van der Waals surface area contributed by atoms with Crippen LogP contribution in [0.15, 0.2) is 12.1 Å². The standard InChI is InChI=1S/C16H18ClFN2O6/c1-8(2)26-15(23)9-5-12(11(18)6-10(9)17)19-16(24)20-3-4-25-7-13(20)14(21)22/h5-6,8,13H,3-4,7H2,1-2H3,(H,19,24)(H,21,22). The summed E-state index contributed by atoms with van der Waals surface area (Å²) >= 11 is 5.87. The average Bonchev–Trinajstić information content (AvgIpc) is 2.56. The van der Waals surface area contributed by atoms with Crippen molar-refractivity contribution < 1.29 is 33.4 Å². The maximum Gasteiger partial charge on any atom is 0.339 e. The zero-order valence-electron chi connectivity index (χ0n) is 14.1. The highest BCUT2D eigenvalue weighted by atomic mass is 35.5. The maximum atomic E-state index is 14.1. The van der Waals surface area contributed by atoms with Gasteiger partial charge in [0, 0.05) is 6.54 Å². The molecule has 26 heavy (non-hydrogen) atoms. The van der Waals surface area contributed by atoms with Gasteiger partial charge < -0.3 is 24.8 Å². The Bertz CT molecular complexity index is 727. The van der Waals surface area contributed by atoms with E-state index < -0.39 is 35.9 Å². The lowest BCUT2D eigenvalue weighted by atomic mass is 10.2. The van der Waals surface area contributed by atoms with Gasteiger partial charge in [0.05, 0.1) is 35.6 Å². The molecular formula is C16H18ClFN2O6. The summed E-state index contributed by atoms with van der Waals surface area (Å²) < 4.78 is 24.2. The minimum absolute atomic E-state index is 0.0280. The zero-order chi connectivity index (χ0) is 19.4. The normalized spacial score (nSPS) is 17.1. The van der Waals surface area contributed by atoms with E-state index in [1.807, 2.05) is 0 Å². The number of carboxylic acid groups (broad SMARTS) is 1. The molecule has 1 aliphatic heterocycles. The molecule has 1 unspecified atom stereocenters. The van der Waals surface area contributed by atoms with Crippen LogP contribution in [0.25, 0.3) is 0 Å². The fourth-order valence-electron chi connectivity index (χ4n) is 2.32. The Morgan fingerprint density at radius 2 is 2.12 bits per heavy atom. The number of aliphatic carboxylic acids is 1. The van der Waals surface area contributed by atoms with Gasteiger partial charge in [0.1, 0.15) is 5.82 Å². The molecule has 1 atom stereocenters. The number of nitrogens with zero attached hydrogens (tertiary/aromatic N) is 1. The Morgan fingerprint density at radius 3 is 2.73 bits per heavy atom. The van der Waals surface area contributed by atoms with Crippen LogP contribution in [-0.2, 0) is 14.3 Å². The van der Waals surface area contributed by atoms with Gasteiger partial charge in [-0.25, -0.2) is 18.8 Å². The van der Waals surface area contributed by atoms with Crippen molar-refractivity contribution in [2.24, 2.45) is 0 Å². The molecule has 2 rings (SSSR count). The van der Waals surface area contributed by atoms with Crippen LogP contribution in [0.4, 0.5) is 14.9 Å². The van der Waals surface area contributed by atoms with Crippen LogP contribution in [0.2, 0.25) is 5.02 Å². The second-order valence-corrected chi connectivity index (χ2v) is 6.23. The van der Waals surface area contributed by atoms with E-state index in [2.05, 4.69) is 5.32 Å². The van der Waals surface area contributed by atoms with Crippen molar-refractivity contribution in [2.75, 3.05) is 25.1 Å². The number of nitrogens with one attached hydrogen (secondary N) is 1. The van der Waals surface area contributed by atoms with Gasteiger partial charge in [-0.15, -0.1) is 0 Å². The third-order valence-corrected chi connectivity index (χ3v) is 3.85. The molecule has 1 heterocycles. The van der Waals surface area contributed by atoms with Gasteiger partial charge in [-0.05, 0) is 26.0 Å². The quantitative estimate of drug-likeness (QED) is 0.767. The molecule has 1 aromatic rings. The molecule has 0 aromatic heterocycles.